The summed E-state index contributed by atoms with van der Waals surface area (Å²) in [4.78, 5) is 0. The largest absolute Gasteiger partial charge is 0.496 e. The highest BCUT2D eigenvalue weighted by molar-refractivity contribution is 5.85. The summed E-state index contributed by atoms with van der Waals surface area (Å²) in [6, 6.07) is 4.93. The van der Waals surface area contributed by atoms with E-state index in [0.29, 0.717) is 23.5 Å². The first-order valence-corrected chi connectivity index (χ1v) is 5.30. The van der Waals surface area contributed by atoms with Gasteiger partial charge in [-0.3, -0.25) is 0 Å². The molecule has 0 spiro atoms. The molecule has 1 aromatic carbocycles. The molecule has 0 saturated heterocycles. The fourth-order valence-corrected chi connectivity index (χ4v) is 1.65. The Balaban J connectivity index is 0.00000256. The molecule has 0 amide bonds. The van der Waals surface area contributed by atoms with Crippen molar-refractivity contribution in [3.8, 4) is 11.5 Å². The van der Waals surface area contributed by atoms with Gasteiger partial charge >= 0.3 is 0 Å². The van der Waals surface area contributed by atoms with Crippen molar-refractivity contribution in [1.82, 2.24) is 0 Å². The second-order valence-electron chi connectivity index (χ2n) is 3.58. The molecule has 5 heteroatoms. The Morgan fingerprint density at radius 2 is 1.71 bits per heavy atom. The zero-order valence-corrected chi connectivity index (χ0v) is 11.2. The number of halogens is 1. The van der Waals surface area contributed by atoms with E-state index < -0.39 is 12.1 Å². The predicted octanol–water partition coefficient (Wildman–Crippen LogP) is 1.90. The Morgan fingerprint density at radius 1 is 1.24 bits per heavy atom. The van der Waals surface area contributed by atoms with Gasteiger partial charge in [0.05, 0.1) is 31.9 Å². The second kappa shape index (κ2) is 7.37. The van der Waals surface area contributed by atoms with E-state index in [9.17, 15) is 5.11 Å². The quantitative estimate of drug-likeness (QED) is 0.850. The molecular formula is C12H20ClNO3. The third-order valence-corrected chi connectivity index (χ3v) is 2.63. The molecule has 0 heterocycles. The van der Waals surface area contributed by atoms with Gasteiger partial charge in [0.15, 0.2) is 0 Å². The van der Waals surface area contributed by atoms with Crippen molar-refractivity contribution < 1.29 is 14.6 Å². The SMILES string of the molecule is CC[C@@H](O)[C@@H](N)c1c(OC)cccc1OC.Cl. The maximum Gasteiger partial charge on any atom is 0.127 e. The second-order valence-corrected chi connectivity index (χ2v) is 3.58. The molecule has 1 aromatic rings. The zero-order chi connectivity index (χ0) is 12.1. The van der Waals surface area contributed by atoms with Gasteiger partial charge in [-0.25, -0.2) is 0 Å². The molecule has 0 aromatic heterocycles. The van der Waals surface area contributed by atoms with Crippen molar-refractivity contribution in [2.75, 3.05) is 14.2 Å². The van der Waals surface area contributed by atoms with Crippen LogP contribution >= 0.6 is 12.4 Å². The van der Waals surface area contributed by atoms with Gasteiger partial charge < -0.3 is 20.3 Å². The Kier molecular flexibility index (Phi) is 6.95. The van der Waals surface area contributed by atoms with E-state index in [1.54, 1.807) is 26.4 Å². The summed E-state index contributed by atoms with van der Waals surface area (Å²) in [6.07, 6.45) is -0.0206. The predicted molar refractivity (Wildman–Crippen MR) is 70.0 cm³/mol. The summed E-state index contributed by atoms with van der Waals surface area (Å²) in [5, 5.41) is 9.78. The van der Waals surface area contributed by atoms with Crippen LogP contribution < -0.4 is 15.2 Å². The minimum absolute atomic E-state index is 0. The van der Waals surface area contributed by atoms with Crippen molar-refractivity contribution in [3.05, 3.63) is 23.8 Å². The number of nitrogens with two attached hydrogens (primary N) is 1. The standard InChI is InChI=1S/C12H19NO3.ClH/c1-4-8(14)12(13)11-9(15-2)6-5-7-10(11)16-3;/h5-8,12,14H,4,13H2,1-3H3;1H/t8-,12-;/m1./s1. The lowest BCUT2D eigenvalue weighted by atomic mass is 9.98. The number of rotatable bonds is 5. The molecule has 0 saturated carbocycles. The molecule has 0 bridgehead atoms. The van der Waals surface area contributed by atoms with E-state index in [1.165, 1.54) is 0 Å². The first-order valence-electron chi connectivity index (χ1n) is 5.30. The monoisotopic (exact) mass is 261 g/mol. The van der Waals surface area contributed by atoms with E-state index in [1.807, 2.05) is 13.0 Å². The van der Waals surface area contributed by atoms with Gasteiger partial charge in [0.2, 0.25) is 0 Å². The van der Waals surface area contributed by atoms with Crippen molar-refractivity contribution in [2.45, 2.75) is 25.5 Å². The number of methoxy groups -OCH3 is 2. The molecule has 98 valence electrons. The first-order chi connectivity index (χ1) is 7.65. The van der Waals surface area contributed by atoms with Crippen molar-refractivity contribution in [3.63, 3.8) is 0 Å². The Bertz CT molecular complexity index is 324. The van der Waals surface area contributed by atoms with Crippen LogP contribution in [0, 0.1) is 0 Å². The third kappa shape index (κ3) is 3.49. The lowest BCUT2D eigenvalue weighted by Gasteiger charge is -2.22. The highest BCUT2D eigenvalue weighted by Gasteiger charge is 2.22. The topological polar surface area (TPSA) is 64.7 Å². The van der Waals surface area contributed by atoms with Crippen molar-refractivity contribution >= 4 is 12.4 Å². The number of benzene rings is 1. The molecule has 0 unspecified atom stereocenters. The van der Waals surface area contributed by atoms with Crippen LogP contribution in [-0.4, -0.2) is 25.4 Å². The highest BCUT2D eigenvalue weighted by atomic mass is 35.5. The summed E-state index contributed by atoms with van der Waals surface area (Å²) in [5.41, 5.74) is 6.70. The zero-order valence-electron chi connectivity index (χ0n) is 10.3. The Labute approximate surface area is 108 Å². The number of hydrogen-bond donors (Lipinski definition) is 2. The van der Waals surface area contributed by atoms with Gasteiger partial charge in [0.25, 0.3) is 0 Å². The van der Waals surface area contributed by atoms with Crippen LogP contribution in [0.5, 0.6) is 11.5 Å². The van der Waals surface area contributed by atoms with Gasteiger partial charge in [-0.2, -0.15) is 0 Å². The summed E-state index contributed by atoms with van der Waals surface area (Å²) < 4.78 is 10.5. The maximum absolute atomic E-state index is 9.78. The Morgan fingerprint density at radius 3 is 2.06 bits per heavy atom. The van der Waals surface area contributed by atoms with Crippen LogP contribution in [-0.2, 0) is 0 Å². The molecule has 0 aliphatic rings. The number of aliphatic hydroxyl groups is 1. The van der Waals surface area contributed by atoms with Gasteiger partial charge in [-0.1, -0.05) is 13.0 Å². The molecule has 4 nitrogen and oxygen atoms in total. The minimum atomic E-state index is -0.606. The van der Waals surface area contributed by atoms with E-state index in [4.69, 9.17) is 15.2 Å². The maximum atomic E-state index is 9.78. The molecule has 0 radical (unpaired) electrons. The van der Waals surface area contributed by atoms with E-state index >= 15 is 0 Å². The Hall–Kier alpha value is -0.970. The fourth-order valence-electron chi connectivity index (χ4n) is 1.65. The smallest absolute Gasteiger partial charge is 0.127 e. The van der Waals surface area contributed by atoms with E-state index in [2.05, 4.69) is 0 Å². The van der Waals surface area contributed by atoms with E-state index in [0.717, 1.165) is 0 Å². The van der Waals surface area contributed by atoms with Gasteiger partial charge in [0.1, 0.15) is 11.5 Å². The summed E-state index contributed by atoms with van der Waals surface area (Å²) >= 11 is 0. The molecule has 0 aliphatic heterocycles. The van der Waals surface area contributed by atoms with Crippen LogP contribution in [0.1, 0.15) is 24.9 Å². The van der Waals surface area contributed by atoms with Crippen LogP contribution in [0.15, 0.2) is 18.2 Å². The number of aliphatic hydroxyl groups excluding tert-OH is 1. The van der Waals surface area contributed by atoms with Gasteiger partial charge in [-0.15, -0.1) is 12.4 Å². The lowest BCUT2D eigenvalue weighted by molar-refractivity contribution is 0.138. The molecule has 17 heavy (non-hydrogen) atoms. The highest BCUT2D eigenvalue weighted by Crippen LogP contribution is 2.34. The van der Waals surface area contributed by atoms with Crippen molar-refractivity contribution in [1.29, 1.82) is 0 Å². The summed E-state index contributed by atoms with van der Waals surface area (Å²) in [7, 11) is 3.15. The molecule has 0 aliphatic carbocycles. The van der Waals surface area contributed by atoms with Gasteiger partial charge in [-0.05, 0) is 18.6 Å². The number of ether oxygens (including phenoxy) is 2. The van der Waals surface area contributed by atoms with Crippen LogP contribution in [0.25, 0.3) is 0 Å². The first kappa shape index (κ1) is 16.0. The third-order valence-electron chi connectivity index (χ3n) is 2.63. The van der Waals surface area contributed by atoms with Gasteiger partial charge in [0, 0.05) is 0 Å². The molecule has 0 fully saturated rings. The average molecular weight is 262 g/mol. The average Bonchev–Trinajstić information content (AvgIpc) is 2.35. The van der Waals surface area contributed by atoms with Crippen LogP contribution in [0.3, 0.4) is 0 Å². The molecule has 2 atom stereocenters. The summed E-state index contributed by atoms with van der Waals surface area (Å²) in [6.45, 7) is 1.88. The fraction of sp³-hybridized carbons (Fsp3) is 0.500. The van der Waals surface area contributed by atoms with Crippen molar-refractivity contribution in [2.24, 2.45) is 5.73 Å². The minimum Gasteiger partial charge on any atom is -0.496 e. The lowest BCUT2D eigenvalue weighted by Crippen LogP contribution is -2.26. The molecule has 3 N–H and O–H groups in total. The molecule has 1 rings (SSSR count). The van der Waals surface area contributed by atoms with E-state index in [-0.39, 0.29) is 12.4 Å². The molecular weight excluding hydrogens is 242 g/mol. The summed E-state index contributed by atoms with van der Waals surface area (Å²) in [5.74, 6) is 1.28. The normalized spacial score (nSPS) is 13.5. The number of hydrogen-bond acceptors (Lipinski definition) is 4. The van der Waals surface area contributed by atoms with Crippen LogP contribution in [0.2, 0.25) is 0 Å². The van der Waals surface area contributed by atoms with Crippen LogP contribution in [0.4, 0.5) is 0 Å².